The van der Waals surface area contributed by atoms with Crippen LogP contribution in [0.3, 0.4) is 0 Å². The first-order valence-electron chi connectivity index (χ1n) is 4.52. The van der Waals surface area contributed by atoms with Gasteiger partial charge >= 0.3 is 10.3 Å². The normalized spacial score (nSPS) is 16.5. The first-order valence-corrected chi connectivity index (χ1v) is 5.92. The van der Waals surface area contributed by atoms with Crippen LogP contribution in [0.4, 0.5) is 0 Å². The summed E-state index contributed by atoms with van der Waals surface area (Å²) in [4.78, 5) is 0. The summed E-state index contributed by atoms with van der Waals surface area (Å²) in [5, 5.41) is 0. The molecular weight excluding hydrogens is 205 g/mol. The molecule has 7 heteroatoms. The number of hydrogen-bond acceptors (Lipinski definition) is 4. The summed E-state index contributed by atoms with van der Waals surface area (Å²) in [6.45, 7) is 2.09. The van der Waals surface area contributed by atoms with Crippen LogP contribution in [0, 0.1) is 0 Å². The minimum Gasteiger partial charge on any atom is -0.379 e. The predicted octanol–water partition coefficient (Wildman–Crippen LogP) is -0.686. The van der Waals surface area contributed by atoms with Crippen molar-refractivity contribution in [3.63, 3.8) is 0 Å². The van der Waals surface area contributed by atoms with Gasteiger partial charge in [-0.15, -0.1) is 0 Å². The minimum absolute atomic E-state index is 0.0534. The highest BCUT2D eigenvalue weighted by molar-refractivity contribution is 7.84. The molecular formula is C7H18BNO4S. The van der Waals surface area contributed by atoms with Crippen molar-refractivity contribution in [1.82, 2.24) is 4.72 Å². The van der Waals surface area contributed by atoms with E-state index < -0.39 is 10.3 Å². The lowest BCUT2D eigenvalue weighted by Crippen LogP contribution is -2.27. The van der Waals surface area contributed by atoms with E-state index in [-0.39, 0.29) is 12.7 Å². The first-order chi connectivity index (χ1) is 6.41. The van der Waals surface area contributed by atoms with Gasteiger partial charge < -0.3 is 4.74 Å². The van der Waals surface area contributed by atoms with E-state index in [0.29, 0.717) is 5.82 Å². The second-order valence-corrected chi connectivity index (χ2v) is 4.98. The van der Waals surface area contributed by atoms with Gasteiger partial charge in [-0.2, -0.15) is 13.1 Å². The summed E-state index contributed by atoms with van der Waals surface area (Å²) in [5.41, 5.74) is 0. The molecule has 2 atom stereocenters. The van der Waals surface area contributed by atoms with Gasteiger partial charge in [0.2, 0.25) is 0 Å². The lowest BCUT2D eigenvalue weighted by atomic mass is 9.85. The highest BCUT2D eigenvalue weighted by Crippen LogP contribution is 2.10. The smallest absolute Gasteiger partial charge is 0.335 e. The van der Waals surface area contributed by atoms with E-state index in [2.05, 4.69) is 8.91 Å². The molecule has 0 heterocycles. The van der Waals surface area contributed by atoms with Crippen LogP contribution in [-0.2, 0) is 19.2 Å². The molecule has 0 rings (SSSR count). The highest BCUT2D eigenvalue weighted by Gasteiger charge is 2.14. The van der Waals surface area contributed by atoms with Gasteiger partial charge in [0.1, 0.15) is 7.85 Å². The average Bonchev–Trinajstić information content (AvgIpc) is 2.12. The molecule has 1 N–H and O–H groups in total. The molecule has 0 aromatic heterocycles. The van der Waals surface area contributed by atoms with Crippen LogP contribution in [-0.4, -0.2) is 43.1 Å². The van der Waals surface area contributed by atoms with Crippen molar-refractivity contribution in [1.29, 1.82) is 0 Å². The Morgan fingerprint density at radius 1 is 1.50 bits per heavy atom. The maximum absolute atomic E-state index is 10.9. The molecule has 2 unspecified atom stereocenters. The lowest BCUT2D eigenvalue weighted by Gasteiger charge is -2.16. The summed E-state index contributed by atoms with van der Waals surface area (Å²) in [5.74, 6) is 0.445. The van der Waals surface area contributed by atoms with Gasteiger partial charge in [-0.25, -0.2) is 0 Å². The number of rotatable bonds is 7. The molecule has 0 aromatic rings. The van der Waals surface area contributed by atoms with Crippen molar-refractivity contribution in [3.8, 4) is 0 Å². The van der Waals surface area contributed by atoms with Gasteiger partial charge in [-0.3, -0.25) is 4.18 Å². The third-order valence-electron chi connectivity index (χ3n) is 1.73. The molecule has 5 nitrogen and oxygen atoms in total. The Balaban J connectivity index is 3.96. The van der Waals surface area contributed by atoms with Crippen LogP contribution >= 0.6 is 0 Å². The molecule has 0 aliphatic heterocycles. The van der Waals surface area contributed by atoms with E-state index in [1.807, 2.05) is 14.8 Å². The Morgan fingerprint density at radius 3 is 2.43 bits per heavy atom. The Labute approximate surface area is 86.8 Å². The zero-order valence-corrected chi connectivity index (χ0v) is 9.93. The SMILES string of the molecule is BC(C)CC(COS(=O)(=O)NC)OC. The Hall–Kier alpha value is -0.105. The molecule has 0 aliphatic carbocycles. The first kappa shape index (κ1) is 13.9. The van der Waals surface area contributed by atoms with Crippen LogP contribution in [0.5, 0.6) is 0 Å². The molecule has 84 valence electrons. The number of methoxy groups -OCH3 is 1. The Kier molecular flexibility index (Phi) is 6.34. The predicted molar refractivity (Wildman–Crippen MR) is 57.3 cm³/mol. The summed E-state index contributed by atoms with van der Waals surface area (Å²) in [6.07, 6.45) is 0.591. The van der Waals surface area contributed by atoms with E-state index in [1.165, 1.54) is 7.05 Å². The maximum Gasteiger partial charge on any atom is 0.335 e. The van der Waals surface area contributed by atoms with Crippen molar-refractivity contribution in [2.75, 3.05) is 20.8 Å². The van der Waals surface area contributed by atoms with E-state index >= 15 is 0 Å². The van der Waals surface area contributed by atoms with Crippen molar-refractivity contribution in [2.24, 2.45) is 0 Å². The molecule has 0 aliphatic rings. The number of nitrogens with one attached hydrogen (secondary N) is 1. The molecule has 0 fully saturated rings. The standard InChI is InChI=1S/C7H18BNO4S/c1-6(8)4-7(12-3)5-13-14(10,11)9-2/h6-7,9H,4-5,8H2,1-3H3. The summed E-state index contributed by atoms with van der Waals surface area (Å²) < 4.78 is 33.7. The molecule has 0 amide bonds. The summed E-state index contributed by atoms with van der Waals surface area (Å²) in [7, 11) is 1.30. The molecule has 0 aromatic carbocycles. The fraction of sp³-hybridized carbons (Fsp3) is 1.00. The van der Waals surface area contributed by atoms with Crippen LogP contribution in [0.2, 0.25) is 5.82 Å². The van der Waals surface area contributed by atoms with Crippen molar-refractivity contribution < 1.29 is 17.3 Å². The fourth-order valence-electron chi connectivity index (χ4n) is 0.982. The Morgan fingerprint density at radius 2 is 2.07 bits per heavy atom. The average molecular weight is 223 g/mol. The topological polar surface area (TPSA) is 64.6 Å². The lowest BCUT2D eigenvalue weighted by molar-refractivity contribution is 0.0534. The molecule has 0 spiro atoms. The van der Waals surface area contributed by atoms with Crippen LogP contribution in [0.15, 0.2) is 0 Å². The van der Waals surface area contributed by atoms with E-state index in [0.717, 1.165) is 6.42 Å². The van der Waals surface area contributed by atoms with Gasteiger partial charge in [-0.1, -0.05) is 12.7 Å². The van der Waals surface area contributed by atoms with Gasteiger partial charge in [0, 0.05) is 14.2 Å². The zero-order chi connectivity index (χ0) is 11.2. The van der Waals surface area contributed by atoms with Crippen molar-refractivity contribution in [2.45, 2.75) is 25.3 Å². The van der Waals surface area contributed by atoms with E-state index in [9.17, 15) is 8.42 Å². The van der Waals surface area contributed by atoms with Gasteiger partial charge in [0.25, 0.3) is 0 Å². The second kappa shape index (κ2) is 6.39. The largest absolute Gasteiger partial charge is 0.379 e. The molecule has 0 saturated carbocycles. The highest BCUT2D eigenvalue weighted by atomic mass is 32.2. The molecule has 0 saturated heterocycles. The summed E-state index contributed by atoms with van der Waals surface area (Å²) in [6, 6.07) is 0. The van der Waals surface area contributed by atoms with Gasteiger partial charge in [-0.05, 0) is 6.42 Å². The van der Waals surface area contributed by atoms with Gasteiger partial charge in [0.05, 0.1) is 12.7 Å². The van der Waals surface area contributed by atoms with Crippen molar-refractivity contribution >= 4 is 18.2 Å². The third kappa shape index (κ3) is 6.36. The number of hydrogen-bond donors (Lipinski definition) is 1. The van der Waals surface area contributed by atoms with E-state index in [4.69, 9.17) is 4.74 Å². The van der Waals surface area contributed by atoms with Crippen LogP contribution < -0.4 is 4.72 Å². The van der Waals surface area contributed by atoms with Crippen LogP contribution in [0.25, 0.3) is 0 Å². The zero-order valence-electron chi connectivity index (χ0n) is 9.11. The number of ether oxygens (including phenoxy) is 1. The van der Waals surface area contributed by atoms with Crippen LogP contribution in [0.1, 0.15) is 13.3 Å². The molecule has 0 radical (unpaired) electrons. The van der Waals surface area contributed by atoms with Crippen molar-refractivity contribution in [3.05, 3.63) is 0 Å². The van der Waals surface area contributed by atoms with Gasteiger partial charge in [0.15, 0.2) is 0 Å². The maximum atomic E-state index is 10.9. The molecule has 0 bridgehead atoms. The third-order valence-corrected chi connectivity index (χ3v) is 2.67. The van der Waals surface area contributed by atoms with E-state index in [1.54, 1.807) is 7.11 Å². The fourth-order valence-corrected chi connectivity index (χ4v) is 1.43. The minimum atomic E-state index is -3.59. The molecule has 14 heavy (non-hydrogen) atoms. The monoisotopic (exact) mass is 223 g/mol. The summed E-state index contributed by atoms with van der Waals surface area (Å²) >= 11 is 0. The quantitative estimate of drug-likeness (QED) is 0.580. The Bertz CT molecular complexity index is 242. The second-order valence-electron chi connectivity index (χ2n) is 3.43.